The third-order valence-electron chi connectivity index (χ3n) is 14.5. The van der Waals surface area contributed by atoms with Crippen LogP contribution in [0.5, 0.6) is 0 Å². The molecule has 4 aliphatic rings. The normalized spacial score (nSPS) is 40.4. The number of allylic oxidation sites excluding steroid dienone is 6. The molecule has 0 spiro atoms. The van der Waals surface area contributed by atoms with E-state index in [1.807, 2.05) is 58.1 Å². The zero-order valence-electron chi connectivity index (χ0n) is 40.6. The molecule has 65 heavy (non-hydrogen) atoms. The number of aliphatic hydroxyl groups is 3. The van der Waals surface area contributed by atoms with Crippen LogP contribution in [0.15, 0.2) is 47.6 Å². The van der Waals surface area contributed by atoms with Gasteiger partial charge in [-0.3, -0.25) is 19.2 Å². The second kappa shape index (κ2) is 25.1. The number of carbonyl (C=O) groups is 5. The minimum absolute atomic E-state index is 0.0193. The monoisotopic (exact) mass is 914 g/mol. The van der Waals surface area contributed by atoms with Crippen LogP contribution in [-0.4, -0.2) is 132 Å². The largest absolute Gasteiger partial charge is 0.460 e. The number of esters is 1. The van der Waals surface area contributed by atoms with E-state index in [0.717, 1.165) is 12.0 Å². The third-order valence-corrected chi connectivity index (χ3v) is 14.5. The van der Waals surface area contributed by atoms with Gasteiger partial charge in [0.1, 0.15) is 30.1 Å². The number of ketones is 3. The van der Waals surface area contributed by atoms with Gasteiger partial charge in [0, 0.05) is 58.5 Å². The summed E-state index contributed by atoms with van der Waals surface area (Å²) in [6.07, 6.45) is 11.2. The first-order valence-corrected chi connectivity index (χ1v) is 23.9. The van der Waals surface area contributed by atoms with Crippen molar-refractivity contribution in [3.8, 4) is 0 Å². The first kappa shape index (κ1) is 54.2. The van der Waals surface area contributed by atoms with Crippen LogP contribution in [-0.2, 0) is 47.7 Å². The van der Waals surface area contributed by atoms with Gasteiger partial charge in [0.15, 0.2) is 5.78 Å². The Balaban J connectivity index is 1.70. The Hall–Kier alpha value is -3.37. The summed E-state index contributed by atoms with van der Waals surface area (Å²) in [5.74, 6) is -7.96. The van der Waals surface area contributed by atoms with Gasteiger partial charge >= 0.3 is 5.97 Å². The number of hydrogen-bond donors (Lipinski definition) is 3. The molecule has 1 saturated carbocycles. The van der Waals surface area contributed by atoms with Crippen LogP contribution in [0.3, 0.4) is 0 Å². The lowest BCUT2D eigenvalue weighted by atomic mass is 9.78. The molecule has 2 saturated heterocycles. The molecular formula is C51H79NO13. The second-order valence-electron chi connectivity index (χ2n) is 19.6. The van der Waals surface area contributed by atoms with Gasteiger partial charge in [-0.25, -0.2) is 4.79 Å². The molecule has 366 valence electrons. The summed E-state index contributed by atoms with van der Waals surface area (Å²) in [5, 5.41) is 33.8. The summed E-state index contributed by atoms with van der Waals surface area (Å²) in [6, 6.07) is -1.14. The Kier molecular flexibility index (Phi) is 21.0. The van der Waals surface area contributed by atoms with Crippen molar-refractivity contribution in [1.82, 2.24) is 4.90 Å². The van der Waals surface area contributed by atoms with Crippen molar-refractivity contribution in [1.29, 1.82) is 0 Å². The molecule has 3 aliphatic heterocycles. The fourth-order valence-corrected chi connectivity index (χ4v) is 10.1. The average Bonchev–Trinajstić information content (AvgIpc) is 3.28. The van der Waals surface area contributed by atoms with Gasteiger partial charge in [0.2, 0.25) is 5.79 Å². The number of piperidine rings is 1. The highest BCUT2D eigenvalue weighted by Crippen LogP contribution is 2.38. The van der Waals surface area contributed by atoms with Crippen LogP contribution < -0.4 is 0 Å². The van der Waals surface area contributed by atoms with Crippen LogP contribution in [0.4, 0.5) is 0 Å². The highest BCUT2D eigenvalue weighted by Gasteiger charge is 2.53. The molecule has 14 heteroatoms. The van der Waals surface area contributed by atoms with E-state index in [2.05, 4.69) is 0 Å². The molecule has 0 unspecified atom stereocenters. The zero-order chi connectivity index (χ0) is 48.2. The number of amides is 1. The standard InChI is InChI=1S/C51H79NO13/c1-30-16-12-11-13-17-31(2)42(61-8)28-38-21-19-36(7)51(60,65-38)48(57)49(58)52-23-15-14-18-39(52)50(59)64-43(33(4)26-37-20-22-40(53)44(27-37)62-9)29-41(54)32(3)25-35(6)46(56)47(63-10)45(55)34(5)24-30/h11-13,16-17,25,30,32-34,36-40,42-44,46-47,53,56,60H,14-15,18-24,26-29H2,1-10H3/b13-11+,16-12+,31-17+,35-25+/t30-,32+,33+,34+,36+,37+,38-,39-,40-,42-,43+,44-,46-,47+,51+/m0/s1. The van der Waals surface area contributed by atoms with Crippen molar-refractivity contribution in [2.45, 2.75) is 180 Å². The number of carbonyl (C=O) groups excluding carboxylic acids is 5. The predicted molar refractivity (Wildman–Crippen MR) is 245 cm³/mol. The van der Waals surface area contributed by atoms with Crippen LogP contribution in [0, 0.1) is 35.5 Å². The molecule has 3 fully saturated rings. The zero-order valence-corrected chi connectivity index (χ0v) is 40.6. The summed E-state index contributed by atoms with van der Waals surface area (Å²) in [4.78, 5) is 71.8. The molecule has 14 nitrogen and oxygen atoms in total. The van der Waals surface area contributed by atoms with Crippen LogP contribution in [0.2, 0.25) is 0 Å². The number of aliphatic hydroxyl groups excluding tert-OH is 2. The lowest BCUT2D eigenvalue weighted by molar-refractivity contribution is -0.265. The Bertz CT molecular complexity index is 1760. The third kappa shape index (κ3) is 14.3. The molecule has 1 amide bonds. The first-order chi connectivity index (χ1) is 30.7. The highest BCUT2D eigenvalue weighted by atomic mass is 16.6. The van der Waals surface area contributed by atoms with E-state index < -0.39 is 83.9 Å². The smallest absolute Gasteiger partial charge is 0.329 e. The number of fused-ring (bicyclic) bond motifs is 3. The van der Waals surface area contributed by atoms with Gasteiger partial charge in [-0.15, -0.1) is 0 Å². The van der Waals surface area contributed by atoms with E-state index in [9.17, 15) is 39.3 Å². The van der Waals surface area contributed by atoms with E-state index >= 15 is 0 Å². The molecule has 0 aromatic rings. The predicted octanol–water partition coefficient (Wildman–Crippen LogP) is 6.18. The molecule has 0 aromatic heterocycles. The quantitative estimate of drug-likeness (QED) is 0.156. The molecule has 2 bridgehead atoms. The van der Waals surface area contributed by atoms with Gasteiger partial charge in [0.05, 0.1) is 24.4 Å². The number of ether oxygens (including phenoxy) is 5. The Morgan fingerprint density at radius 2 is 1.57 bits per heavy atom. The van der Waals surface area contributed by atoms with Crippen LogP contribution in [0.1, 0.15) is 126 Å². The van der Waals surface area contributed by atoms with Crippen molar-refractivity contribution in [3.05, 3.63) is 47.6 Å². The number of hydrogen-bond acceptors (Lipinski definition) is 13. The fraction of sp³-hybridized carbons (Fsp3) is 0.745. The number of cyclic esters (lactones) is 1. The lowest BCUT2D eigenvalue weighted by Gasteiger charge is -2.42. The maximum absolute atomic E-state index is 14.4. The van der Waals surface area contributed by atoms with E-state index in [-0.39, 0.29) is 54.8 Å². The minimum atomic E-state index is -2.43. The van der Waals surface area contributed by atoms with Crippen molar-refractivity contribution in [2.24, 2.45) is 35.5 Å². The summed E-state index contributed by atoms with van der Waals surface area (Å²) in [7, 11) is 4.52. The fourth-order valence-electron chi connectivity index (χ4n) is 10.1. The van der Waals surface area contributed by atoms with E-state index in [4.69, 9.17) is 23.7 Å². The maximum Gasteiger partial charge on any atom is 0.329 e. The van der Waals surface area contributed by atoms with Crippen molar-refractivity contribution in [3.63, 3.8) is 0 Å². The number of Topliss-reactive ketones (excluding diaryl/α,β-unsaturated/α-hetero) is 3. The van der Waals surface area contributed by atoms with E-state index in [1.165, 1.54) is 12.0 Å². The molecule has 0 aromatic carbocycles. The summed E-state index contributed by atoms with van der Waals surface area (Å²) < 4.78 is 29.4. The highest BCUT2D eigenvalue weighted by molar-refractivity contribution is 6.39. The van der Waals surface area contributed by atoms with Crippen molar-refractivity contribution >= 4 is 29.2 Å². The molecular weight excluding hydrogens is 835 g/mol. The maximum atomic E-state index is 14.4. The Morgan fingerprint density at radius 3 is 2.25 bits per heavy atom. The van der Waals surface area contributed by atoms with Crippen molar-refractivity contribution < 1.29 is 63.0 Å². The summed E-state index contributed by atoms with van der Waals surface area (Å²) >= 11 is 0. The number of methoxy groups -OCH3 is 3. The molecule has 1 aliphatic carbocycles. The van der Waals surface area contributed by atoms with Gasteiger partial charge in [-0.1, -0.05) is 71.1 Å². The van der Waals surface area contributed by atoms with Gasteiger partial charge in [-0.05, 0) is 107 Å². The minimum Gasteiger partial charge on any atom is -0.460 e. The van der Waals surface area contributed by atoms with E-state index in [0.29, 0.717) is 63.4 Å². The molecule has 15 atom stereocenters. The molecule has 0 radical (unpaired) electrons. The number of rotatable bonds is 6. The second-order valence-corrected chi connectivity index (χ2v) is 19.6. The van der Waals surface area contributed by atoms with Crippen LogP contribution >= 0.6 is 0 Å². The molecule has 3 N–H and O–H groups in total. The Labute approximate surface area is 387 Å². The van der Waals surface area contributed by atoms with Gasteiger partial charge in [0.25, 0.3) is 11.7 Å². The lowest BCUT2D eigenvalue weighted by Crippen LogP contribution is -2.61. The average molecular weight is 914 g/mol. The first-order valence-electron chi connectivity index (χ1n) is 23.9. The Morgan fingerprint density at radius 1 is 0.846 bits per heavy atom. The van der Waals surface area contributed by atoms with Crippen LogP contribution in [0.25, 0.3) is 0 Å². The van der Waals surface area contributed by atoms with Gasteiger partial charge < -0.3 is 43.9 Å². The van der Waals surface area contributed by atoms with Crippen molar-refractivity contribution in [2.75, 3.05) is 27.9 Å². The van der Waals surface area contributed by atoms with E-state index in [1.54, 1.807) is 41.1 Å². The van der Waals surface area contributed by atoms with Gasteiger partial charge in [-0.2, -0.15) is 0 Å². The molecule has 3 heterocycles. The SMILES string of the molecule is CO[C@H]1C[C@@H]2CC[C@@H](C)[C@@](O)(O2)C(=O)C(=O)N2CCCC[C@H]2C(=O)O[C@@H]([C@H](C)C[C@H]2CC[C@H](O)[C@@H](OC)C2)CC(=O)[C@H](C)/C=C(\C)[C@H](O)[C@H](OC)C(=O)[C@H](C)C[C@@H](C)/C=C/C=C/C=C/1C. The number of nitrogens with zero attached hydrogens (tertiary/aromatic N) is 1. The molecule has 4 rings (SSSR count). The summed E-state index contributed by atoms with van der Waals surface area (Å²) in [6.45, 7) is 12.7. The topological polar surface area (TPSA) is 195 Å². The summed E-state index contributed by atoms with van der Waals surface area (Å²) in [5.41, 5.74) is 1.27.